The topological polar surface area (TPSA) is 88.0 Å². The summed E-state index contributed by atoms with van der Waals surface area (Å²) in [5, 5.41) is 14.5. The number of anilines is 1. The third kappa shape index (κ3) is 4.27. The Hall–Kier alpha value is -3.13. The molecule has 2 aliphatic heterocycles. The third-order valence-corrected chi connectivity index (χ3v) is 7.51. The molecule has 8 nitrogen and oxygen atoms in total. The van der Waals surface area contributed by atoms with Gasteiger partial charge in [0.05, 0.1) is 18.0 Å². The van der Waals surface area contributed by atoms with E-state index in [4.69, 9.17) is 4.74 Å². The van der Waals surface area contributed by atoms with Crippen molar-refractivity contribution in [2.45, 2.75) is 25.3 Å². The maximum absolute atomic E-state index is 13.3. The molecular formula is C25H30N4O4. The van der Waals surface area contributed by atoms with E-state index in [1.165, 1.54) is 23.3 Å². The minimum atomic E-state index is -0.385. The molecule has 0 radical (unpaired) electrons. The molecular weight excluding hydrogens is 420 g/mol. The summed E-state index contributed by atoms with van der Waals surface area (Å²) in [6.07, 6.45) is 2.86. The lowest BCUT2D eigenvalue weighted by molar-refractivity contribution is -0.384. The van der Waals surface area contributed by atoms with Crippen molar-refractivity contribution in [2.24, 2.45) is 11.8 Å². The number of nitrogens with zero attached hydrogens (tertiary/aromatic N) is 3. The highest BCUT2D eigenvalue weighted by molar-refractivity contribution is 5.79. The second kappa shape index (κ2) is 9.02. The van der Waals surface area contributed by atoms with E-state index in [0.29, 0.717) is 25.0 Å². The number of rotatable bonds is 4. The van der Waals surface area contributed by atoms with Gasteiger partial charge in [-0.05, 0) is 54.5 Å². The second-order valence-electron chi connectivity index (χ2n) is 9.30. The molecule has 5 rings (SSSR count). The van der Waals surface area contributed by atoms with Crippen LogP contribution in [0.1, 0.15) is 17.5 Å². The summed E-state index contributed by atoms with van der Waals surface area (Å²) in [5.74, 6) is 1.66. The molecule has 3 aliphatic rings. The van der Waals surface area contributed by atoms with Crippen molar-refractivity contribution in [3.8, 4) is 5.75 Å². The van der Waals surface area contributed by atoms with E-state index in [1.54, 1.807) is 19.2 Å². The van der Waals surface area contributed by atoms with Crippen molar-refractivity contribution < 1.29 is 14.5 Å². The lowest BCUT2D eigenvalue weighted by Crippen LogP contribution is -2.56. The molecule has 1 aliphatic carbocycles. The first-order valence-corrected chi connectivity index (χ1v) is 11.7. The van der Waals surface area contributed by atoms with Crippen LogP contribution in [-0.2, 0) is 17.6 Å². The van der Waals surface area contributed by atoms with Crippen LogP contribution in [0.4, 0.5) is 11.4 Å². The van der Waals surface area contributed by atoms with Gasteiger partial charge in [0.2, 0.25) is 5.91 Å². The summed E-state index contributed by atoms with van der Waals surface area (Å²) < 4.78 is 5.59. The highest BCUT2D eigenvalue weighted by Crippen LogP contribution is 2.37. The van der Waals surface area contributed by atoms with Crippen LogP contribution in [-0.4, -0.2) is 61.6 Å². The molecule has 2 aromatic rings. The Bertz CT molecular complexity index is 1030. The molecule has 1 amide bonds. The molecule has 2 saturated heterocycles. The highest BCUT2D eigenvalue weighted by Gasteiger charge is 2.39. The molecule has 33 heavy (non-hydrogen) atoms. The molecule has 2 fully saturated rings. The molecule has 0 unspecified atom stereocenters. The number of amides is 1. The van der Waals surface area contributed by atoms with E-state index >= 15 is 0 Å². The largest absolute Gasteiger partial charge is 0.496 e. The van der Waals surface area contributed by atoms with Gasteiger partial charge in [0, 0.05) is 56.6 Å². The number of nitro benzene ring substituents is 1. The Balaban J connectivity index is 1.19. The fraction of sp³-hybridized carbons (Fsp3) is 0.480. The summed E-state index contributed by atoms with van der Waals surface area (Å²) in [5.41, 5.74) is 3.71. The fourth-order valence-electron chi connectivity index (χ4n) is 5.68. The summed E-state index contributed by atoms with van der Waals surface area (Å²) in [6.45, 7) is 3.57. The van der Waals surface area contributed by atoms with Crippen molar-refractivity contribution >= 4 is 17.3 Å². The number of carbonyl (C=O) groups is 1. The monoisotopic (exact) mass is 450 g/mol. The minimum Gasteiger partial charge on any atom is -0.496 e. The molecule has 2 aromatic carbocycles. The van der Waals surface area contributed by atoms with Gasteiger partial charge < -0.3 is 19.9 Å². The summed E-state index contributed by atoms with van der Waals surface area (Å²) in [7, 11) is 1.73. The van der Waals surface area contributed by atoms with E-state index < -0.39 is 0 Å². The SMILES string of the molecule is COc1cccc2c1C[C@H]1C[C@@H](C(=O)N3CCN(c4ccc([N+](=O)[O-])cc4)CC3)CN[C@@H]1C2. The molecule has 3 atom stereocenters. The molecule has 8 heteroatoms. The van der Waals surface area contributed by atoms with Crippen LogP contribution in [0.25, 0.3) is 0 Å². The first kappa shape index (κ1) is 21.7. The van der Waals surface area contributed by atoms with Crippen LogP contribution in [0.2, 0.25) is 0 Å². The number of hydrogen-bond donors (Lipinski definition) is 1. The normalized spacial score (nSPS) is 24.6. The number of ether oxygens (including phenoxy) is 1. The van der Waals surface area contributed by atoms with Gasteiger partial charge in [-0.2, -0.15) is 0 Å². The number of methoxy groups -OCH3 is 1. The Kier molecular flexibility index (Phi) is 5.93. The first-order chi connectivity index (χ1) is 16.0. The van der Waals surface area contributed by atoms with Crippen molar-refractivity contribution in [2.75, 3.05) is 44.7 Å². The molecule has 0 saturated carbocycles. The van der Waals surface area contributed by atoms with Gasteiger partial charge in [-0.1, -0.05) is 12.1 Å². The highest BCUT2D eigenvalue weighted by atomic mass is 16.6. The van der Waals surface area contributed by atoms with E-state index in [-0.39, 0.29) is 22.4 Å². The Labute approximate surface area is 193 Å². The van der Waals surface area contributed by atoms with Crippen LogP contribution in [0.15, 0.2) is 42.5 Å². The van der Waals surface area contributed by atoms with E-state index in [0.717, 1.165) is 50.3 Å². The number of hydrogen-bond acceptors (Lipinski definition) is 6. The number of nitrogens with one attached hydrogen (secondary N) is 1. The number of piperidine rings is 1. The van der Waals surface area contributed by atoms with Gasteiger partial charge in [-0.15, -0.1) is 0 Å². The van der Waals surface area contributed by atoms with Gasteiger partial charge in [0.15, 0.2) is 0 Å². The summed E-state index contributed by atoms with van der Waals surface area (Å²) >= 11 is 0. The Morgan fingerprint density at radius 1 is 1.09 bits per heavy atom. The molecule has 1 N–H and O–H groups in total. The van der Waals surface area contributed by atoms with Crippen molar-refractivity contribution in [3.63, 3.8) is 0 Å². The fourth-order valence-corrected chi connectivity index (χ4v) is 5.68. The zero-order chi connectivity index (χ0) is 22.9. The van der Waals surface area contributed by atoms with Gasteiger partial charge in [-0.25, -0.2) is 0 Å². The molecule has 174 valence electrons. The van der Waals surface area contributed by atoms with Crippen molar-refractivity contribution in [1.29, 1.82) is 0 Å². The van der Waals surface area contributed by atoms with Crippen molar-refractivity contribution in [1.82, 2.24) is 10.2 Å². The quantitative estimate of drug-likeness (QED) is 0.569. The van der Waals surface area contributed by atoms with Crippen LogP contribution < -0.4 is 15.0 Å². The smallest absolute Gasteiger partial charge is 0.269 e. The maximum atomic E-state index is 13.3. The number of nitro groups is 1. The Morgan fingerprint density at radius 2 is 1.85 bits per heavy atom. The zero-order valence-corrected chi connectivity index (χ0v) is 18.9. The van der Waals surface area contributed by atoms with Gasteiger partial charge in [0.1, 0.15) is 5.75 Å². The van der Waals surface area contributed by atoms with Crippen LogP contribution in [0, 0.1) is 22.0 Å². The van der Waals surface area contributed by atoms with E-state index in [1.807, 2.05) is 11.0 Å². The van der Waals surface area contributed by atoms with Crippen LogP contribution >= 0.6 is 0 Å². The number of fused-ring (bicyclic) bond motifs is 2. The molecule has 0 aromatic heterocycles. The van der Waals surface area contributed by atoms with Crippen LogP contribution in [0.5, 0.6) is 5.75 Å². The lowest BCUT2D eigenvalue weighted by Gasteiger charge is -2.43. The van der Waals surface area contributed by atoms with Crippen molar-refractivity contribution in [3.05, 3.63) is 63.7 Å². The van der Waals surface area contributed by atoms with Gasteiger partial charge in [-0.3, -0.25) is 14.9 Å². The summed E-state index contributed by atoms with van der Waals surface area (Å²) in [6, 6.07) is 13.4. The zero-order valence-electron chi connectivity index (χ0n) is 18.9. The minimum absolute atomic E-state index is 0.00781. The predicted molar refractivity (Wildman–Crippen MR) is 126 cm³/mol. The number of non-ortho nitro benzene ring substituents is 1. The second-order valence-corrected chi connectivity index (χ2v) is 9.30. The maximum Gasteiger partial charge on any atom is 0.269 e. The number of benzene rings is 2. The Morgan fingerprint density at radius 3 is 2.55 bits per heavy atom. The van der Waals surface area contributed by atoms with E-state index in [9.17, 15) is 14.9 Å². The lowest BCUT2D eigenvalue weighted by atomic mass is 9.73. The third-order valence-electron chi connectivity index (χ3n) is 7.51. The number of piperazine rings is 1. The first-order valence-electron chi connectivity index (χ1n) is 11.7. The average Bonchev–Trinajstić information content (AvgIpc) is 2.86. The molecule has 0 spiro atoms. The predicted octanol–water partition coefficient (Wildman–Crippen LogP) is 2.65. The average molecular weight is 451 g/mol. The summed E-state index contributed by atoms with van der Waals surface area (Å²) in [4.78, 5) is 28.0. The van der Waals surface area contributed by atoms with Crippen LogP contribution in [0.3, 0.4) is 0 Å². The molecule has 2 heterocycles. The van der Waals surface area contributed by atoms with E-state index in [2.05, 4.69) is 22.3 Å². The standard InChI is InChI=1S/C25H30N4O4/c1-33-24-4-2-3-17-15-23-18(14-22(17)24)13-19(16-26-23)25(30)28-11-9-27(10-12-28)20-5-7-21(8-6-20)29(31)32/h2-8,18-19,23,26H,9-16H2,1H3/t18-,19-,23-/m1/s1. The van der Waals surface area contributed by atoms with Gasteiger partial charge in [0.25, 0.3) is 5.69 Å². The molecule has 0 bridgehead atoms. The number of carbonyl (C=O) groups excluding carboxylic acids is 1. The van der Waals surface area contributed by atoms with Gasteiger partial charge >= 0.3 is 0 Å².